The summed E-state index contributed by atoms with van der Waals surface area (Å²) in [5.41, 5.74) is 1.49. The molecule has 2 aliphatic heterocycles. The number of nitrogens with one attached hydrogen (secondary N) is 1. The zero-order valence-electron chi connectivity index (χ0n) is 22.6. The number of esters is 1. The highest BCUT2D eigenvalue weighted by Gasteiger charge is 2.42. The summed E-state index contributed by atoms with van der Waals surface area (Å²) >= 11 is 0. The monoisotopic (exact) mass is 503 g/mol. The molecule has 2 atom stereocenters. The minimum absolute atomic E-state index is 0.291. The van der Waals surface area contributed by atoms with Crippen molar-refractivity contribution in [1.82, 2.24) is 15.1 Å². The van der Waals surface area contributed by atoms with Crippen LogP contribution in [0.25, 0.3) is 0 Å². The van der Waals surface area contributed by atoms with Gasteiger partial charge in [-0.25, -0.2) is 9.59 Å². The third-order valence-electron chi connectivity index (χ3n) is 6.09. The molecule has 1 saturated heterocycles. The van der Waals surface area contributed by atoms with E-state index in [1.807, 2.05) is 31.7 Å². The zero-order valence-corrected chi connectivity index (χ0v) is 22.6. The number of hydrogen-bond acceptors (Lipinski definition) is 6. The molecule has 1 unspecified atom stereocenters. The molecule has 0 aromatic heterocycles. The fraction of sp³-hybridized carbons (Fsp3) is 0.630. The summed E-state index contributed by atoms with van der Waals surface area (Å²) in [7, 11) is 1.31. The topological polar surface area (TPSA) is 105 Å². The predicted molar refractivity (Wildman–Crippen MR) is 136 cm³/mol. The van der Waals surface area contributed by atoms with E-state index in [1.54, 1.807) is 20.8 Å². The minimum atomic E-state index is -0.794. The number of hydrogen-bond donors (Lipinski definition) is 1. The molecule has 3 amide bonds. The average molecular weight is 504 g/mol. The van der Waals surface area contributed by atoms with Crippen molar-refractivity contribution in [1.29, 1.82) is 0 Å². The second kappa shape index (κ2) is 12.2. The molecule has 0 aliphatic carbocycles. The summed E-state index contributed by atoms with van der Waals surface area (Å²) in [5.74, 6) is -0.716. The van der Waals surface area contributed by atoms with Crippen LogP contribution in [0.15, 0.2) is 24.3 Å². The predicted octanol–water partition coefficient (Wildman–Crippen LogP) is 3.29. The number of fused-ring (bicyclic) bond motifs is 1. The van der Waals surface area contributed by atoms with Gasteiger partial charge in [0.05, 0.1) is 7.11 Å². The van der Waals surface area contributed by atoms with Gasteiger partial charge >= 0.3 is 12.1 Å². The van der Waals surface area contributed by atoms with E-state index in [-0.39, 0.29) is 5.91 Å². The Kier molecular flexibility index (Phi) is 9.90. The molecular weight excluding hydrogens is 462 g/mol. The standard InChI is InChI=1S/C17H30N2O5.C10H11NO/c1-16(2,3)12(18-15(22)24-17(4,5)6)13(20)19-10-8-9-11(19)14(21)23-7;12-8-11-6-5-9-3-1-2-4-10(9)7-11/h11-12H,8-10H2,1-7H3,(H,18,22);1-4,8H,5-7H2/t11?,12-;/m1./s1. The fourth-order valence-corrected chi connectivity index (χ4v) is 4.26. The summed E-state index contributed by atoms with van der Waals surface area (Å²) in [6.45, 7) is 13.0. The fourth-order valence-electron chi connectivity index (χ4n) is 4.26. The van der Waals surface area contributed by atoms with E-state index in [4.69, 9.17) is 9.47 Å². The van der Waals surface area contributed by atoms with E-state index in [1.165, 1.54) is 23.1 Å². The van der Waals surface area contributed by atoms with Crippen LogP contribution in [0.1, 0.15) is 65.5 Å². The van der Waals surface area contributed by atoms with E-state index in [0.29, 0.717) is 13.0 Å². The SMILES string of the molecule is COC(=O)C1CCCN1C(=O)[C@@H](NC(=O)OC(C)(C)C)C(C)(C)C.O=CN1CCc2ccccc2C1. The Hall–Kier alpha value is -3.10. The van der Waals surface area contributed by atoms with Gasteiger partial charge in [0.25, 0.3) is 0 Å². The van der Waals surface area contributed by atoms with Crippen LogP contribution in [-0.4, -0.2) is 72.1 Å². The Balaban J connectivity index is 0.000000313. The van der Waals surface area contributed by atoms with Crippen molar-refractivity contribution in [2.24, 2.45) is 5.41 Å². The molecule has 1 aromatic rings. The van der Waals surface area contributed by atoms with Crippen molar-refractivity contribution in [3.8, 4) is 0 Å². The number of carbonyl (C=O) groups excluding carboxylic acids is 4. The van der Waals surface area contributed by atoms with Crippen LogP contribution in [0.5, 0.6) is 0 Å². The Morgan fingerprint density at radius 1 is 1.06 bits per heavy atom. The van der Waals surface area contributed by atoms with Gasteiger partial charge in [-0.2, -0.15) is 0 Å². The second-order valence-electron chi connectivity index (χ2n) is 11.3. The molecule has 2 heterocycles. The molecule has 36 heavy (non-hydrogen) atoms. The quantitative estimate of drug-likeness (QED) is 0.499. The number of alkyl carbamates (subject to hydrolysis) is 1. The third kappa shape index (κ3) is 8.24. The van der Waals surface area contributed by atoms with Crippen molar-refractivity contribution in [3.05, 3.63) is 35.4 Å². The maximum atomic E-state index is 13.0. The smallest absolute Gasteiger partial charge is 0.408 e. The van der Waals surface area contributed by atoms with Gasteiger partial charge < -0.3 is 24.6 Å². The Bertz CT molecular complexity index is 934. The Morgan fingerprint density at radius 2 is 1.69 bits per heavy atom. The number of nitrogens with zero attached hydrogens (tertiary/aromatic N) is 2. The normalized spacial score (nSPS) is 18.2. The molecule has 0 bridgehead atoms. The Morgan fingerprint density at radius 3 is 2.25 bits per heavy atom. The van der Waals surface area contributed by atoms with Crippen LogP contribution < -0.4 is 5.32 Å². The first-order valence-corrected chi connectivity index (χ1v) is 12.4. The lowest BCUT2D eigenvalue weighted by Gasteiger charge is -2.35. The first-order chi connectivity index (χ1) is 16.8. The molecule has 0 saturated carbocycles. The second-order valence-corrected chi connectivity index (χ2v) is 11.3. The van der Waals surface area contributed by atoms with Crippen LogP contribution in [0.3, 0.4) is 0 Å². The van der Waals surface area contributed by atoms with E-state index in [2.05, 4.69) is 23.5 Å². The summed E-state index contributed by atoms with van der Waals surface area (Å²) in [4.78, 5) is 50.8. The molecule has 0 spiro atoms. The van der Waals surface area contributed by atoms with Crippen molar-refractivity contribution in [3.63, 3.8) is 0 Å². The molecule has 1 N–H and O–H groups in total. The highest BCUT2D eigenvalue weighted by molar-refractivity contribution is 5.90. The first-order valence-electron chi connectivity index (χ1n) is 12.4. The van der Waals surface area contributed by atoms with Gasteiger partial charge in [-0.1, -0.05) is 45.0 Å². The summed E-state index contributed by atoms with van der Waals surface area (Å²) in [5, 5.41) is 2.66. The summed E-state index contributed by atoms with van der Waals surface area (Å²) in [6, 6.07) is 6.91. The van der Waals surface area contributed by atoms with Crippen molar-refractivity contribution < 1.29 is 28.7 Å². The largest absolute Gasteiger partial charge is 0.467 e. The van der Waals surface area contributed by atoms with Gasteiger partial charge in [0.2, 0.25) is 12.3 Å². The van der Waals surface area contributed by atoms with Gasteiger partial charge in [-0.15, -0.1) is 0 Å². The van der Waals surface area contributed by atoms with Gasteiger partial charge in [-0.05, 0) is 56.6 Å². The Labute approximate surface area is 214 Å². The maximum Gasteiger partial charge on any atom is 0.408 e. The highest BCUT2D eigenvalue weighted by Crippen LogP contribution is 2.26. The summed E-state index contributed by atoms with van der Waals surface area (Å²) < 4.78 is 10.0. The number of carbonyl (C=O) groups is 4. The molecular formula is C27H41N3O6. The van der Waals surface area contributed by atoms with Crippen LogP contribution in [0.4, 0.5) is 4.79 Å². The van der Waals surface area contributed by atoms with Crippen molar-refractivity contribution in [2.45, 2.75) is 85.0 Å². The van der Waals surface area contributed by atoms with Crippen LogP contribution in [-0.2, 0) is 36.8 Å². The molecule has 1 fully saturated rings. The average Bonchev–Trinajstić information content (AvgIpc) is 3.30. The first kappa shape index (κ1) is 29.1. The van der Waals surface area contributed by atoms with Gasteiger partial charge in [-0.3, -0.25) is 9.59 Å². The van der Waals surface area contributed by atoms with Crippen molar-refractivity contribution in [2.75, 3.05) is 20.2 Å². The minimum Gasteiger partial charge on any atom is -0.467 e. The van der Waals surface area contributed by atoms with Gasteiger partial charge in [0, 0.05) is 19.6 Å². The zero-order chi connectivity index (χ0) is 27.1. The maximum absolute atomic E-state index is 13.0. The molecule has 3 rings (SSSR count). The number of likely N-dealkylation sites (tertiary alicyclic amines) is 1. The number of ether oxygens (including phenoxy) is 2. The van der Waals surface area contributed by atoms with Crippen LogP contribution in [0, 0.1) is 5.41 Å². The summed E-state index contributed by atoms with van der Waals surface area (Å²) in [6.07, 6.45) is 2.58. The number of methoxy groups -OCH3 is 1. The van der Waals surface area contributed by atoms with Crippen LogP contribution in [0.2, 0.25) is 0 Å². The number of rotatable bonds is 4. The lowest BCUT2D eigenvalue weighted by atomic mass is 9.85. The van der Waals surface area contributed by atoms with E-state index >= 15 is 0 Å². The lowest BCUT2D eigenvalue weighted by Crippen LogP contribution is -2.57. The van der Waals surface area contributed by atoms with E-state index in [9.17, 15) is 19.2 Å². The molecule has 9 nitrogen and oxygen atoms in total. The van der Waals surface area contributed by atoms with Crippen LogP contribution >= 0.6 is 0 Å². The molecule has 9 heteroatoms. The van der Waals surface area contributed by atoms with Gasteiger partial charge in [0.15, 0.2) is 0 Å². The highest BCUT2D eigenvalue weighted by atomic mass is 16.6. The molecule has 0 radical (unpaired) electrons. The number of benzene rings is 1. The van der Waals surface area contributed by atoms with Gasteiger partial charge in [0.1, 0.15) is 17.7 Å². The number of amides is 3. The van der Waals surface area contributed by atoms with E-state index < -0.39 is 35.2 Å². The third-order valence-corrected chi connectivity index (χ3v) is 6.09. The molecule has 200 valence electrons. The lowest BCUT2D eigenvalue weighted by molar-refractivity contribution is -0.152. The molecule has 2 aliphatic rings. The molecule has 1 aromatic carbocycles. The van der Waals surface area contributed by atoms with E-state index in [0.717, 1.165) is 32.3 Å². The van der Waals surface area contributed by atoms with Crippen molar-refractivity contribution >= 4 is 24.4 Å².